The number of nitrogens with zero attached hydrogens (tertiary/aromatic N) is 1. The SMILES string of the molecule is CC(C)[C@H](C)c1cn[nH]c1. The van der Waals surface area contributed by atoms with Gasteiger partial charge in [-0.2, -0.15) is 5.10 Å². The minimum Gasteiger partial charge on any atom is -0.285 e. The summed E-state index contributed by atoms with van der Waals surface area (Å²) in [5.41, 5.74) is 1.30. The average Bonchev–Trinajstić information content (AvgIpc) is 2.36. The van der Waals surface area contributed by atoms with Crippen molar-refractivity contribution in [2.24, 2.45) is 5.92 Å². The maximum Gasteiger partial charge on any atom is 0.0522 e. The standard InChI is InChI=1S/C8H14N2/c1-6(2)7(3)8-4-9-10-5-8/h4-7H,1-3H3,(H,9,10)/t7-/m0/s1. The van der Waals surface area contributed by atoms with Gasteiger partial charge in [0.05, 0.1) is 6.20 Å². The Morgan fingerprint density at radius 1 is 1.40 bits per heavy atom. The van der Waals surface area contributed by atoms with E-state index in [9.17, 15) is 0 Å². The largest absolute Gasteiger partial charge is 0.285 e. The first-order valence-corrected chi connectivity index (χ1v) is 3.70. The fourth-order valence-electron chi connectivity index (χ4n) is 0.895. The van der Waals surface area contributed by atoms with E-state index < -0.39 is 0 Å². The monoisotopic (exact) mass is 138 g/mol. The molecule has 1 rings (SSSR count). The van der Waals surface area contributed by atoms with Crippen molar-refractivity contribution < 1.29 is 0 Å². The Balaban J connectivity index is 2.68. The summed E-state index contributed by atoms with van der Waals surface area (Å²) < 4.78 is 0. The Bertz CT molecular complexity index is 177. The van der Waals surface area contributed by atoms with Crippen molar-refractivity contribution in [2.45, 2.75) is 26.7 Å². The van der Waals surface area contributed by atoms with Gasteiger partial charge in [-0.25, -0.2) is 0 Å². The Kier molecular flexibility index (Phi) is 2.10. The van der Waals surface area contributed by atoms with Crippen LogP contribution in [0.3, 0.4) is 0 Å². The molecule has 1 N–H and O–H groups in total. The van der Waals surface area contributed by atoms with Gasteiger partial charge in [0.15, 0.2) is 0 Å². The highest BCUT2D eigenvalue weighted by molar-refractivity contribution is 5.09. The van der Waals surface area contributed by atoms with Gasteiger partial charge in [0, 0.05) is 6.20 Å². The third-order valence-electron chi connectivity index (χ3n) is 2.05. The highest BCUT2D eigenvalue weighted by atomic mass is 15.1. The van der Waals surface area contributed by atoms with Crippen LogP contribution < -0.4 is 0 Å². The lowest BCUT2D eigenvalue weighted by atomic mass is 9.93. The number of rotatable bonds is 2. The topological polar surface area (TPSA) is 28.7 Å². The second-order valence-corrected chi connectivity index (χ2v) is 3.06. The van der Waals surface area contributed by atoms with Crippen LogP contribution in [0.4, 0.5) is 0 Å². The van der Waals surface area contributed by atoms with Crippen LogP contribution in [0.2, 0.25) is 0 Å². The zero-order valence-corrected chi connectivity index (χ0v) is 6.76. The Morgan fingerprint density at radius 2 is 2.10 bits per heavy atom. The Morgan fingerprint density at radius 3 is 2.50 bits per heavy atom. The molecule has 0 amide bonds. The molecule has 0 spiro atoms. The van der Waals surface area contributed by atoms with Crippen LogP contribution in [0.1, 0.15) is 32.3 Å². The Labute approximate surface area is 61.7 Å². The van der Waals surface area contributed by atoms with E-state index in [-0.39, 0.29) is 0 Å². The molecule has 1 aromatic rings. The van der Waals surface area contributed by atoms with E-state index >= 15 is 0 Å². The molecular weight excluding hydrogens is 124 g/mol. The van der Waals surface area contributed by atoms with Gasteiger partial charge in [-0.3, -0.25) is 5.10 Å². The maximum absolute atomic E-state index is 3.90. The predicted octanol–water partition coefficient (Wildman–Crippen LogP) is 2.17. The number of hydrogen-bond donors (Lipinski definition) is 1. The van der Waals surface area contributed by atoms with Gasteiger partial charge in [-0.05, 0) is 17.4 Å². The minimum absolute atomic E-state index is 0.610. The van der Waals surface area contributed by atoms with Gasteiger partial charge in [0.25, 0.3) is 0 Å². The fourth-order valence-corrected chi connectivity index (χ4v) is 0.895. The summed E-state index contributed by atoms with van der Waals surface area (Å²) in [4.78, 5) is 0. The molecule has 0 aliphatic carbocycles. The summed E-state index contributed by atoms with van der Waals surface area (Å²) in [6.07, 6.45) is 3.86. The summed E-state index contributed by atoms with van der Waals surface area (Å²) in [6.45, 7) is 6.66. The molecule has 1 aromatic heterocycles. The lowest BCUT2D eigenvalue weighted by Gasteiger charge is -2.12. The first kappa shape index (κ1) is 7.32. The number of nitrogens with one attached hydrogen (secondary N) is 1. The molecule has 0 unspecified atom stereocenters. The van der Waals surface area contributed by atoms with Crippen molar-refractivity contribution in [1.29, 1.82) is 0 Å². The lowest BCUT2D eigenvalue weighted by Crippen LogP contribution is -1.99. The lowest BCUT2D eigenvalue weighted by molar-refractivity contribution is 0.535. The molecular formula is C8H14N2. The van der Waals surface area contributed by atoms with E-state index in [1.165, 1.54) is 5.56 Å². The molecule has 1 atom stereocenters. The van der Waals surface area contributed by atoms with Gasteiger partial charge >= 0.3 is 0 Å². The predicted molar refractivity (Wildman–Crippen MR) is 41.8 cm³/mol. The molecule has 0 aromatic carbocycles. The molecule has 0 saturated carbocycles. The van der Waals surface area contributed by atoms with Crippen LogP contribution in [0.15, 0.2) is 12.4 Å². The van der Waals surface area contributed by atoms with E-state index in [1.54, 1.807) is 0 Å². The minimum atomic E-state index is 0.610. The van der Waals surface area contributed by atoms with Gasteiger partial charge in [-0.15, -0.1) is 0 Å². The van der Waals surface area contributed by atoms with E-state index in [1.807, 2.05) is 12.4 Å². The summed E-state index contributed by atoms with van der Waals surface area (Å²) >= 11 is 0. The molecule has 56 valence electrons. The van der Waals surface area contributed by atoms with E-state index in [2.05, 4.69) is 31.0 Å². The number of hydrogen-bond acceptors (Lipinski definition) is 1. The summed E-state index contributed by atoms with van der Waals surface area (Å²) in [5.74, 6) is 1.30. The van der Waals surface area contributed by atoms with Crippen LogP contribution in [0.5, 0.6) is 0 Å². The van der Waals surface area contributed by atoms with Crippen LogP contribution in [0, 0.1) is 5.92 Å². The molecule has 2 heteroatoms. The van der Waals surface area contributed by atoms with Gasteiger partial charge in [-0.1, -0.05) is 20.8 Å². The van der Waals surface area contributed by atoms with Gasteiger partial charge in [0.1, 0.15) is 0 Å². The molecule has 0 fully saturated rings. The van der Waals surface area contributed by atoms with Crippen molar-refractivity contribution in [3.8, 4) is 0 Å². The molecule has 0 aliphatic heterocycles. The van der Waals surface area contributed by atoms with E-state index in [4.69, 9.17) is 0 Å². The molecule has 0 saturated heterocycles. The highest BCUT2D eigenvalue weighted by Gasteiger charge is 2.09. The summed E-state index contributed by atoms with van der Waals surface area (Å²) in [6, 6.07) is 0. The number of aromatic amines is 1. The summed E-state index contributed by atoms with van der Waals surface area (Å²) in [7, 11) is 0. The van der Waals surface area contributed by atoms with Crippen molar-refractivity contribution in [2.75, 3.05) is 0 Å². The van der Waals surface area contributed by atoms with E-state index in [0.29, 0.717) is 11.8 Å². The number of aromatic nitrogens is 2. The van der Waals surface area contributed by atoms with Crippen molar-refractivity contribution in [3.05, 3.63) is 18.0 Å². The van der Waals surface area contributed by atoms with Crippen molar-refractivity contribution in [3.63, 3.8) is 0 Å². The number of H-pyrrole nitrogens is 1. The molecule has 0 radical (unpaired) electrons. The zero-order chi connectivity index (χ0) is 7.56. The smallest absolute Gasteiger partial charge is 0.0522 e. The fraction of sp³-hybridized carbons (Fsp3) is 0.625. The molecule has 2 nitrogen and oxygen atoms in total. The molecule has 1 heterocycles. The second-order valence-electron chi connectivity index (χ2n) is 3.06. The molecule has 10 heavy (non-hydrogen) atoms. The maximum atomic E-state index is 3.90. The third kappa shape index (κ3) is 1.38. The normalized spacial score (nSPS) is 14.0. The quantitative estimate of drug-likeness (QED) is 0.666. The van der Waals surface area contributed by atoms with Crippen LogP contribution >= 0.6 is 0 Å². The third-order valence-corrected chi connectivity index (χ3v) is 2.05. The van der Waals surface area contributed by atoms with E-state index in [0.717, 1.165) is 0 Å². The van der Waals surface area contributed by atoms with Gasteiger partial charge < -0.3 is 0 Å². The first-order valence-electron chi connectivity index (χ1n) is 3.70. The van der Waals surface area contributed by atoms with Gasteiger partial charge in [0.2, 0.25) is 0 Å². The Hall–Kier alpha value is -0.790. The van der Waals surface area contributed by atoms with Crippen LogP contribution in [-0.2, 0) is 0 Å². The summed E-state index contributed by atoms with van der Waals surface area (Å²) in [5, 5.41) is 6.72. The second kappa shape index (κ2) is 2.86. The first-order chi connectivity index (χ1) is 4.72. The molecule has 0 bridgehead atoms. The van der Waals surface area contributed by atoms with Crippen LogP contribution in [0.25, 0.3) is 0 Å². The highest BCUT2D eigenvalue weighted by Crippen LogP contribution is 2.21. The molecule has 0 aliphatic rings. The van der Waals surface area contributed by atoms with Crippen molar-refractivity contribution >= 4 is 0 Å². The zero-order valence-electron chi connectivity index (χ0n) is 6.76. The van der Waals surface area contributed by atoms with Crippen molar-refractivity contribution in [1.82, 2.24) is 10.2 Å². The average molecular weight is 138 g/mol. The van der Waals surface area contributed by atoms with Crippen LogP contribution in [-0.4, -0.2) is 10.2 Å².